The summed E-state index contributed by atoms with van der Waals surface area (Å²) in [5, 5.41) is 0. The normalized spacial score (nSPS) is 11.7. The van der Waals surface area contributed by atoms with Gasteiger partial charge in [0.05, 0.1) is 4.32 Å². The number of benzene rings is 1. The minimum Gasteiger partial charge on any atom is -0.293 e. The van der Waals surface area contributed by atoms with Crippen LogP contribution in [-0.2, 0) is 0 Å². The fourth-order valence-electron chi connectivity index (χ4n) is 1.85. The first-order chi connectivity index (χ1) is 7.16. The van der Waals surface area contributed by atoms with Crippen LogP contribution in [0.1, 0.15) is 46.5 Å². The van der Waals surface area contributed by atoms with Gasteiger partial charge in [0.2, 0.25) is 0 Å². The molecule has 0 heterocycles. The molecule has 0 radical (unpaired) electrons. The maximum atomic E-state index is 12.4. The van der Waals surface area contributed by atoms with Crippen LogP contribution >= 0.6 is 15.9 Å². The molecule has 1 rings (SSSR count). The van der Waals surface area contributed by atoms with Crippen LogP contribution in [0.25, 0.3) is 0 Å². The van der Waals surface area contributed by atoms with Gasteiger partial charge in [0, 0.05) is 5.56 Å². The maximum Gasteiger partial charge on any atom is 0.179 e. The Morgan fingerprint density at radius 3 is 1.75 bits per heavy atom. The Morgan fingerprint density at radius 1 is 1.06 bits per heavy atom. The van der Waals surface area contributed by atoms with E-state index in [0.717, 1.165) is 16.7 Å². The lowest BCUT2D eigenvalue weighted by Crippen LogP contribution is -2.26. The molecule has 0 aliphatic heterocycles. The number of carbonyl (C=O) groups is 1. The molecular weight excluding hydrogens is 264 g/mol. The first-order valence-electron chi connectivity index (χ1n) is 5.47. The van der Waals surface area contributed by atoms with E-state index in [1.165, 1.54) is 11.1 Å². The van der Waals surface area contributed by atoms with Crippen LogP contribution in [-0.4, -0.2) is 10.1 Å². The fraction of sp³-hybridized carbons (Fsp3) is 0.500. The number of rotatable bonds is 2. The monoisotopic (exact) mass is 282 g/mol. The fourth-order valence-corrected chi connectivity index (χ4v) is 2.05. The van der Waals surface area contributed by atoms with E-state index in [9.17, 15) is 4.79 Å². The van der Waals surface area contributed by atoms with Crippen LogP contribution in [0, 0.1) is 27.7 Å². The van der Waals surface area contributed by atoms with E-state index in [-0.39, 0.29) is 5.78 Å². The third-order valence-electron chi connectivity index (χ3n) is 3.13. The highest BCUT2D eigenvalue weighted by Crippen LogP contribution is 2.29. The van der Waals surface area contributed by atoms with Crippen molar-refractivity contribution < 1.29 is 4.79 Å². The van der Waals surface area contributed by atoms with Gasteiger partial charge in [-0.1, -0.05) is 22.0 Å². The number of hydrogen-bond donors (Lipinski definition) is 0. The molecule has 0 fully saturated rings. The van der Waals surface area contributed by atoms with E-state index >= 15 is 0 Å². The molecule has 0 aliphatic carbocycles. The second kappa shape index (κ2) is 4.33. The lowest BCUT2D eigenvalue weighted by atomic mass is 9.88. The summed E-state index contributed by atoms with van der Waals surface area (Å²) in [5.41, 5.74) is 5.44. The van der Waals surface area contributed by atoms with Gasteiger partial charge < -0.3 is 0 Å². The number of hydrogen-bond acceptors (Lipinski definition) is 1. The van der Waals surface area contributed by atoms with Crippen LogP contribution < -0.4 is 0 Å². The zero-order valence-corrected chi connectivity index (χ0v) is 12.4. The van der Waals surface area contributed by atoms with Gasteiger partial charge in [-0.15, -0.1) is 0 Å². The smallest absolute Gasteiger partial charge is 0.179 e. The minimum absolute atomic E-state index is 0.161. The summed E-state index contributed by atoms with van der Waals surface area (Å²) in [4.78, 5) is 12.4. The van der Waals surface area contributed by atoms with Crippen LogP contribution in [0.2, 0.25) is 0 Å². The van der Waals surface area contributed by atoms with Crippen molar-refractivity contribution in [2.45, 2.75) is 45.9 Å². The molecule has 0 saturated carbocycles. The van der Waals surface area contributed by atoms with Gasteiger partial charge >= 0.3 is 0 Å². The molecule has 0 N–H and O–H groups in total. The van der Waals surface area contributed by atoms with Crippen molar-refractivity contribution in [1.82, 2.24) is 0 Å². The summed E-state index contributed by atoms with van der Waals surface area (Å²) in [6.45, 7) is 11.9. The van der Waals surface area contributed by atoms with Crippen molar-refractivity contribution in [3.05, 3.63) is 33.9 Å². The van der Waals surface area contributed by atoms with Gasteiger partial charge in [0.25, 0.3) is 0 Å². The van der Waals surface area contributed by atoms with E-state index in [0.29, 0.717) is 0 Å². The van der Waals surface area contributed by atoms with Crippen molar-refractivity contribution >= 4 is 21.7 Å². The number of ketones is 1. The second-order valence-electron chi connectivity index (χ2n) is 4.94. The van der Waals surface area contributed by atoms with Gasteiger partial charge in [-0.3, -0.25) is 4.79 Å². The Bertz CT molecular complexity index is 413. The Hall–Kier alpha value is -0.630. The van der Waals surface area contributed by atoms with Crippen molar-refractivity contribution in [2.24, 2.45) is 0 Å². The number of aryl methyl sites for hydroxylation is 2. The van der Waals surface area contributed by atoms with Gasteiger partial charge in [-0.25, -0.2) is 0 Å². The lowest BCUT2D eigenvalue weighted by Gasteiger charge is -2.20. The van der Waals surface area contributed by atoms with Gasteiger partial charge in [-0.05, 0) is 63.8 Å². The summed E-state index contributed by atoms with van der Waals surface area (Å²) in [5.74, 6) is 0.161. The molecule has 0 atom stereocenters. The van der Waals surface area contributed by atoms with Gasteiger partial charge in [0.15, 0.2) is 5.78 Å². The summed E-state index contributed by atoms with van der Waals surface area (Å²) < 4.78 is -0.497. The highest BCUT2D eigenvalue weighted by molar-refractivity contribution is 9.10. The molecule has 0 unspecified atom stereocenters. The number of carbonyl (C=O) groups excluding carboxylic acids is 1. The van der Waals surface area contributed by atoms with Crippen molar-refractivity contribution in [3.63, 3.8) is 0 Å². The molecule has 16 heavy (non-hydrogen) atoms. The Labute approximate surface area is 106 Å². The number of halogens is 1. The maximum absolute atomic E-state index is 12.4. The average molecular weight is 283 g/mol. The van der Waals surface area contributed by atoms with Crippen LogP contribution in [0.15, 0.2) is 6.07 Å². The van der Waals surface area contributed by atoms with Crippen LogP contribution in [0.4, 0.5) is 0 Å². The molecule has 0 aliphatic rings. The highest BCUT2D eigenvalue weighted by Gasteiger charge is 2.28. The molecule has 0 amide bonds. The predicted octanol–water partition coefficient (Wildman–Crippen LogP) is 4.28. The highest BCUT2D eigenvalue weighted by atomic mass is 79.9. The quantitative estimate of drug-likeness (QED) is 0.585. The van der Waals surface area contributed by atoms with E-state index in [1.807, 2.05) is 27.7 Å². The standard InChI is InChI=1S/C14H19BrO/c1-8-7-9(2)11(4)12(10(8)3)13(16)14(5,6)15/h7H,1-6H3. The van der Waals surface area contributed by atoms with Gasteiger partial charge in [-0.2, -0.15) is 0 Å². The summed E-state index contributed by atoms with van der Waals surface area (Å²) in [6.07, 6.45) is 0. The number of alkyl halides is 1. The zero-order chi connectivity index (χ0) is 12.7. The molecule has 1 aromatic rings. The summed E-state index contributed by atoms with van der Waals surface area (Å²) in [6, 6.07) is 2.14. The summed E-state index contributed by atoms with van der Waals surface area (Å²) in [7, 11) is 0. The SMILES string of the molecule is Cc1cc(C)c(C)c(C(=O)C(C)(C)Br)c1C. The predicted molar refractivity (Wildman–Crippen MR) is 72.7 cm³/mol. The molecular formula is C14H19BrO. The summed E-state index contributed by atoms with van der Waals surface area (Å²) >= 11 is 3.45. The van der Waals surface area contributed by atoms with E-state index < -0.39 is 4.32 Å². The number of Topliss-reactive ketones (excluding diaryl/α,β-unsaturated/α-hetero) is 1. The molecule has 1 nitrogen and oxygen atoms in total. The average Bonchev–Trinajstić information content (AvgIpc) is 2.13. The molecule has 1 aromatic carbocycles. The van der Waals surface area contributed by atoms with E-state index in [1.54, 1.807) is 0 Å². The lowest BCUT2D eigenvalue weighted by molar-refractivity contribution is 0.0959. The molecule has 88 valence electrons. The second-order valence-corrected chi connectivity index (χ2v) is 6.92. The van der Waals surface area contributed by atoms with Crippen molar-refractivity contribution in [2.75, 3.05) is 0 Å². The molecule has 0 saturated heterocycles. The molecule has 2 heteroatoms. The minimum atomic E-state index is -0.497. The zero-order valence-electron chi connectivity index (χ0n) is 10.9. The molecule has 0 spiro atoms. The Kier molecular flexibility index (Phi) is 3.63. The largest absolute Gasteiger partial charge is 0.293 e. The topological polar surface area (TPSA) is 17.1 Å². The van der Waals surface area contributed by atoms with Crippen molar-refractivity contribution in [1.29, 1.82) is 0 Å². The molecule has 0 bridgehead atoms. The van der Waals surface area contributed by atoms with Crippen LogP contribution in [0.5, 0.6) is 0 Å². The molecule has 0 aromatic heterocycles. The van der Waals surface area contributed by atoms with E-state index in [4.69, 9.17) is 0 Å². The van der Waals surface area contributed by atoms with Gasteiger partial charge in [0.1, 0.15) is 0 Å². The first kappa shape index (κ1) is 13.4. The Balaban J connectivity index is 3.50. The van der Waals surface area contributed by atoms with Crippen LogP contribution in [0.3, 0.4) is 0 Å². The van der Waals surface area contributed by atoms with E-state index in [2.05, 4.69) is 35.8 Å². The van der Waals surface area contributed by atoms with Crippen molar-refractivity contribution in [3.8, 4) is 0 Å². The Morgan fingerprint density at radius 2 is 1.44 bits per heavy atom. The first-order valence-corrected chi connectivity index (χ1v) is 6.26. The third-order valence-corrected chi connectivity index (χ3v) is 3.49. The third kappa shape index (κ3) is 2.37.